The van der Waals surface area contributed by atoms with Crippen molar-refractivity contribution in [3.05, 3.63) is 40.9 Å². The second-order valence-electron chi connectivity index (χ2n) is 4.39. The first-order valence-corrected chi connectivity index (χ1v) is 5.68. The number of rotatable bonds is 4. The Balaban J connectivity index is 2.67. The fraction of sp³-hybridized carbons (Fsp3) is 0.308. The molecule has 0 atom stereocenters. The first kappa shape index (κ1) is 13.7. The summed E-state index contributed by atoms with van der Waals surface area (Å²) < 4.78 is 0. The molecule has 0 radical (unpaired) electrons. The maximum Gasteiger partial charge on any atom is 0.244 e. The molecular weight excluding hydrogens is 238 g/mol. The average Bonchev–Trinajstić information content (AvgIpc) is 2.27. The van der Waals surface area contributed by atoms with E-state index in [0.717, 1.165) is 5.56 Å². The van der Waals surface area contributed by atoms with Gasteiger partial charge >= 0.3 is 0 Å². The summed E-state index contributed by atoms with van der Waals surface area (Å²) in [5, 5.41) is 12.3. The summed E-state index contributed by atoms with van der Waals surface area (Å²) in [6, 6.07) is 7.26. The zero-order valence-corrected chi connectivity index (χ0v) is 10.7. The van der Waals surface area contributed by atoms with Gasteiger partial charge in [-0.15, -0.1) is 0 Å². The lowest BCUT2D eigenvalue weighted by molar-refractivity contribution is -0.118. The third kappa shape index (κ3) is 4.59. The van der Waals surface area contributed by atoms with Gasteiger partial charge in [-0.3, -0.25) is 4.79 Å². The summed E-state index contributed by atoms with van der Waals surface area (Å²) in [6.07, 6.45) is 3.05. The predicted octanol–water partition coefficient (Wildman–Crippen LogP) is 2.24. The van der Waals surface area contributed by atoms with E-state index in [1.54, 1.807) is 26.0 Å². The molecule has 0 heterocycles. The Hall–Kier alpha value is -1.32. The quantitative estimate of drug-likeness (QED) is 0.809. The molecule has 1 aromatic rings. The summed E-state index contributed by atoms with van der Waals surface area (Å²) in [6.45, 7) is 3.38. The number of carbonyl (C=O) groups excluding carboxylic acids is 1. The van der Waals surface area contributed by atoms with Crippen molar-refractivity contribution < 1.29 is 9.90 Å². The number of aliphatic hydroxyl groups excluding tert-OH is 1. The molecule has 0 saturated heterocycles. The van der Waals surface area contributed by atoms with Crippen LogP contribution in [0, 0.1) is 0 Å². The highest BCUT2D eigenvalue weighted by Crippen LogP contribution is 2.16. The van der Waals surface area contributed by atoms with Gasteiger partial charge in [0, 0.05) is 11.1 Å². The minimum atomic E-state index is -0.623. The van der Waals surface area contributed by atoms with Crippen LogP contribution in [0.1, 0.15) is 19.4 Å². The number of aliphatic hydroxyl groups is 1. The third-order valence-electron chi connectivity index (χ3n) is 2.18. The van der Waals surface area contributed by atoms with Gasteiger partial charge in [0.25, 0.3) is 0 Å². The predicted molar refractivity (Wildman–Crippen MR) is 69.8 cm³/mol. The molecule has 0 saturated carbocycles. The molecule has 0 aliphatic heterocycles. The van der Waals surface area contributed by atoms with Gasteiger partial charge in [0.2, 0.25) is 5.91 Å². The van der Waals surface area contributed by atoms with Crippen molar-refractivity contribution in [2.45, 2.75) is 19.4 Å². The van der Waals surface area contributed by atoms with Crippen LogP contribution in [-0.2, 0) is 4.79 Å². The van der Waals surface area contributed by atoms with Crippen LogP contribution in [0.5, 0.6) is 0 Å². The molecule has 0 fully saturated rings. The Morgan fingerprint density at radius 1 is 1.47 bits per heavy atom. The number of hydrogen-bond donors (Lipinski definition) is 2. The summed E-state index contributed by atoms with van der Waals surface area (Å²) in [5.41, 5.74) is 0.160. The third-order valence-corrected chi connectivity index (χ3v) is 2.52. The van der Waals surface area contributed by atoms with Crippen LogP contribution in [0.15, 0.2) is 30.3 Å². The highest BCUT2D eigenvalue weighted by molar-refractivity contribution is 6.32. The van der Waals surface area contributed by atoms with Crippen LogP contribution in [0.3, 0.4) is 0 Å². The standard InChI is InChI=1S/C13H16ClNO2/c1-13(2,9-16)15-12(17)8-7-10-5-3-4-6-11(10)14/h3-8,16H,9H2,1-2H3,(H,15,17)/b8-7+. The molecule has 1 aromatic carbocycles. The van der Waals surface area contributed by atoms with Gasteiger partial charge in [0.05, 0.1) is 12.1 Å². The monoisotopic (exact) mass is 253 g/mol. The molecule has 3 nitrogen and oxygen atoms in total. The number of nitrogens with one attached hydrogen (secondary N) is 1. The molecule has 1 amide bonds. The van der Waals surface area contributed by atoms with Crippen molar-refractivity contribution in [1.29, 1.82) is 0 Å². The van der Waals surface area contributed by atoms with E-state index in [0.29, 0.717) is 5.02 Å². The zero-order chi connectivity index (χ0) is 12.9. The van der Waals surface area contributed by atoms with Crippen molar-refractivity contribution >= 4 is 23.6 Å². The Bertz CT molecular complexity index is 427. The fourth-order valence-electron chi connectivity index (χ4n) is 1.19. The lowest BCUT2D eigenvalue weighted by atomic mass is 10.1. The molecular formula is C13H16ClNO2. The largest absolute Gasteiger partial charge is 0.394 e. The van der Waals surface area contributed by atoms with Crippen molar-refractivity contribution in [3.63, 3.8) is 0 Å². The topological polar surface area (TPSA) is 49.3 Å². The molecule has 2 N–H and O–H groups in total. The molecule has 0 unspecified atom stereocenters. The van der Waals surface area contributed by atoms with Crippen molar-refractivity contribution in [2.75, 3.05) is 6.61 Å². The molecule has 0 aromatic heterocycles. The van der Waals surface area contributed by atoms with E-state index in [4.69, 9.17) is 16.7 Å². The van der Waals surface area contributed by atoms with E-state index in [9.17, 15) is 4.79 Å². The Kier molecular flexibility index (Phi) is 4.73. The van der Waals surface area contributed by atoms with E-state index < -0.39 is 5.54 Å². The van der Waals surface area contributed by atoms with Gasteiger partial charge in [0.1, 0.15) is 0 Å². The van der Waals surface area contributed by atoms with Gasteiger partial charge in [-0.1, -0.05) is 29.8 Å². The number of benzene rings is 1. The van der Waals surface area contributed by atoms with E-state index >= 15 is 0 Å². The Morgan fingerprint density at radius 3 is 2.71 bits per heavy atom. The van der Waals surface area contributed by atoms with Crippen molar-refractivity contribution in [1.82, 2.24) is 5.32 Å². The SMILES string of the molecule is CC(C)(CO)NC(=O)/C=C/c1ccccc1Cl. The van der Waals surface area contributed by atoms with Crippen LogP contribution < -0.4 is 5.32 Å². The normalized spacial score (nSPS) is 11.8. The van der Waals surface area contributed by atoms with E-state index in [1.807, 2.05) is 18.2 Å². The Morgan fingerprint density at radius 2 is 2.12 bits per heavy atom. The lowest BCUT2D eigenvalue weighted by Gasteiger charge is -2.22. The van der Waals surface area contributed by atoms with Crippen LogP contribution in [-0.4, -0.2) is 23.2 Å². The Labute approximate surface area is 106 Å². The molecule has 1 rings (SSSR count). The smallest absolute Gasteiger partial charge is 0.244 e. The average molecular weight is 254 g/mol. The maximum absolute atomic E-state index is 11.6. The lowest BCUT2D eigenvalue weighted by Crippen LogP contribution is -2.45. The van der Waals surface area contributed by atoms with Gasteiger partial charge in [0.15, 0.2) is 0 Å². The number of amides is 1. The maximum atomic E-state index is 11.6. The molecule has 0 spiro atoms. The molecule has 17 heavy (non-hydrogen) atoms. The molecule has 0 aliphatic carbocycles. The van der Waals surface area contributed by atoms with E-state index in [-0.39, 0.29) is 12.5 Å². The minimum absolute atomic E-state index is 0.112. The van der Waals surface area contributed by atoms with E-state index in [2.05, 4.69) is 5.32 Å². The first-order chi connectivity index (χ1) is 7.94. The van der Waals surface area contributed by atoms with E-state index in [1.165, 1.54) is 6.08 Å². The zero-order valence-electron chi connectivity index (χ0n) is 9.90. The first-order valence-electron chi connectivity index (χ1n) is 5.30. The highest BCUT2D eigenvalue weighted by atomic mass is 35.5. The molecule has 0 aliphatic rings. The van der Waals surface area contributed by atoms with Gasteiger partial charge in [-0.2, -0.15) is 0 Å². The minimum Gasteiger partial charge on any atom is -0.394 e. The van der Waals surface area contributed by atoms with Crippen LogP contribution in [0.4, 0.5) is 0 Å². The van der Waals surface area contributed by atoms with Crippen LogP contribution in [0.2, 0.25) is 5.02 Å². The van der Waals surface area contributed by atoms with Crippen LogP contribution in [0.25, 0.3) is 6.08 Å². The number of hydrogen-bond acceptors (Lipinski definition) is 2. The van der Waals surface area contributed by atoms with Crippen molar-refractivity contribution in [2.24, 2.45) is 0 Å². The molecule has 0 bridgehead atoms. The number of carbonyl (C=O) groups is 1. The molecule has 92 valence electrons. The van der Waals surface area contributed by atoms with Gasteiger partial charge in [-0.05, 0) is 31.6 Å². The summed E-state index contributed by atoms with van der Waals surface area (Å²) >= 11 is 5.95. The van der Waals surface area contributed by atoms with Gasteiger partial charge in [-0.25, -0.2) is 0 Å². The highest BCUT2D eigenvalue weighted by Gasteiger charge is 2.17. The second kappa shape index (κ2) is 5.84. The molecule has 4 heteroatoms. The van der Waals surface area contributed by atoms with Crippen LogP contribution >= 0.6 is 11.6 Å². The number of halogens is 1. The summed E-state index contributed by atoms with van der Waals surface area (Å²) in [5.74, 6) is -0.260. The fourth-order valence-corrected chi connectivity index (χ4v) is 1.39. The van der Waals surface area contributed by atoms with Crippen molar-refractivity contribution in [3.8, 4) is 0 Å². The summed E-state index contributed by atoms with van der Waals surface area (Å²) in [7, 11) is 0. The van der Waals surface area contributed by atoms with Gasteiger partial charge < -0.3 is 10.4 Å². The summed E-state index contributed by atoms with van der Waals surface area (Å²) in [4.78, 5) is 11.6. The second-order valence-corrected chi connectivity index (χ2v) is 4.79.